The third-order valence-corrected chi connectivity index (χ3v) is 4.76. The summed E-state index contributed by atoms with van der Waals surface area (Å²) in [4.78, 5) is 18.9. The van der Waals surface area contributed by atoms with E-state index < -0.39 is 0 Å². The number of nitrogens with zero attached hydrogens (tertiary/aromatic N) is 2. The number of ether oxygens (including phenoxy) is 1. The van der Waals surface area contributed by atoms with Gasteiger partial charge in [-0.2, -0.15) is 0 Å². The lowest BCUT2D eigenvalue weighted by Gasteiger charge is -2.29. The first kappa shape index (κ1) is 18.0. The number of carbonyl (C=O) groups excluding carboxylic acids is 1. The number of rotatable bonds is 5. The van der Waals surface area contributed by atoms with E-state index in [1.54, 1.807) is 24.4 Å². The number of morpholine rings is 1. The fourth-order valence-corrected chi connectivity index (χ4v) is 3.28. The van der Waals surface area contributed by atoms with Crippen LogP contribution in [-0.2, 0) is 22.5 Å². The molecule has 1 saturated heterocycles. The summed E-state index contributed by atoms with van der Waals surface area (Å²) in [6, 6.07) is 9.06. The fraction of sp³-hybridized carbons (Fsp3) is 0.333. The van der Waals surface area contributed by atoms with E-state index in [1.165, 1.54) is 0 Å². The van der Waals surface area contributed by atoms with Gasteiger partial charge >= 0.3 is 0 Å². The summed E-state index contributed by atoms with van der Waals surface area (Å²) in [5.74, 6) is 0.758. The van der Waals surface area contributed by atoms with Gasteiger partial charge in [0.05, 0.1) is 19.6 Å². The van der Waals surface area contributed by atoms with Gasteiger partial charge in [0.15, 0.2) is 0 Å². The topological polar surface area (TPSA) is 54.5 Å². The Morgan fingerprint density at radius 2 is 1.88 bits per heavy atom. The van der Waals surface area contributed by atoms with Crippen molar-refractivity contribution in [1.82, 2.24) is 10.3 Å². The smallest absolute Gasteiger partial charge is 0.224 e. The van der Waals surface area contributed by atoms with Crippen LogP contribution in [0.15, 0.2) is 36.5 Å². The number of aromatic nitrogens is 1. The Bertz CT molecular complexity index is 729. The number of pyridine rings is 1. The van der Waals surface area contributed by atoms with Crippen LogP contribution in [0.5, 0.6) is 0 Å². The van der Waals surface area contributed by atoms with Crippen LogP contribution in [0.1, 0.15) is 11.1 Å². The van der Waals surface area contributed by atoms with Crippen molar-refractivity contribution < 1.29 is 9.53 Å². The van der Waals surface area contributed by atoms with Gasteiger partial charge in [-0.3, -0.25) is 4.79 Å². The van der Waals surface area contributed by atoms with Gasteiger partial charge in [0, 0.05) is 41.4 Å². The number of hydrogen-bond donors (Lipinski definition) is 1. The second-order valence-corrected chi connectivity index (χ2v) is 6.55. The van der Waals surface area contributed by atoms with Gasteiger partial charge in [-0.15, -0.1) is 0 Å². The molecule has 2 aromatic rings. The van der Waals surface area contributed by atoms with Gasteiger partial charge < -0.3 is 15.0 Å². The largest absolute Gasteiger partial charge is 0.378 e. The monoisotopic (exact) mass is 379 g/mol. The highest BCUT2D eigenvalue weighted by Gasteiger charge is 2.16. The van der Waals surface area contributed by atoms with Crippen LogP contribution in [0.2, 0.25) is 10.0 Å². The molecule has 1 aromatic heterocycles. The van der Waals surface area contributed by atoms with Gasteiger partial charge in [-0.25, -0.2) is 4.98 Å². The number of anilines is 1. The number of amides is 1. The molecule has 0 spiro atoms. The zero-order chi connectivity index (χ0) is 17.6. The minimum Gasteiger partial charge on any atom is -0.378 e. The van der Waals surface area contributed by atoms with Crippen molar-refractivity contribution in [3.8, 4) is 0 Å². The summed E-state index contributed by atoms with van der Waals surface area (Å²) in [7, 11) is 0. The first-order chi connectivity index (χ1) is 12.1. The first-order valence-corrected chi connectivity index (χ1v) is 8.87. The molecule has 1 fully saturated rings. The Morgan fingerprint density at radius 1 is 1.16 bits per heavy atom. The number of nitrogens with one attached hydrogen (secondary N) is 1. The maximum atomic E-state index is 12.3. The second-order valence-electron chi connectivity index (χ2n) is 5.74. The highest BCUT2D eigenvalue weighted by atomic mass is 35.5. The maximum Gasteiger partial charge on any atom is 0.224 e. The van der Waals surface area contributed by atoms with E-state index in [4.69, 9.17) is 27.9 Å². The molecule has 0 unspecified atom stereocenters. The molecule has 5 nitrogen and oxygen atoms in total. The number of benzene rings is 1. The molecular weight excluding hydrogens is 361 g/mol. The Hall–Kier alpha value is -1.82. The lowest BCUT2D eigenvalue weighted by molar-refractivity contribution is -0.120. The summed E-state index contributed by atoms with van der Waals surface area (Å²) in [6.45, 7) is 3.38. The SMILES string of the molecule is O=C(Cc1c(Cl)cccc1Cl)NCc1cccnc1N1CCOCC1. The summed E-state index contributed by atoms with van der Waals surface area (Å²) in [5.41, 5.74) is 1.62. The molecular formula is C18H19Cl2N3O2. The third kappa shape index (κ3) is 4.63. The molecule has 2 heterocycles. The Morgan fingerprint density at radius 3 is 2.60 bits per heavy atom. The van der Waals surface area contributed by atoms with Crippen LogP contribution >= 0.6 is 23.2 Å². The van der Waals surface area contributed by atoms with E-state index in [-0.39, 0.29) is 12.3 Å². The molecule has 25 heavy (non-hydrogen) atoms. The Balaban J connectivity index is 1.64. The molecule has 1 amide bonds. The summed E-state index contributed by atoms with van der Waals surface area (Å²) >= 11 is 12.2. The van der Waals surface area contributed by atoms with E-state index in [0.717, 1.165) is 24.5 Å². The van der Waals surface area contributed by atoms with Gasteiger partial charge in [0.25, 0.3) is 0 Å². The summed E-state index contributed by atoms with van der Waals surface area (Å²) in [5, 5.41) is 3.92. The molecule has 0 aliphatic carbocycles. The van der Waals surface area contributed by atoms with Crippen molar-refractivity contribution in [2.45, 2.75) is 13.0 Å². The lowest BCUT2D eigenvalue weighted by Crippen LogP contribution is -2.38. The van der Waals surface area contributed by atoms with E-state index in [1.807, 2.05) is 12.1 Å². The van der Waals surface area contributed by atoms with E-state index >= 15 is 0 Å². The van der Waals surface area contributed by atoms with Crippen molar-refractivity contribution in [2.24, 2.45) is 0 Å². The summed E-state index contributed by atoms with van der Waals surface area (Å²) in [6.07, 6.45) is 1.91. The molecule has 1 aliphatic rings. The minimum absolute atomic E-state index is 0.133. The molecule has 3 rings (SSSR count). The van der Waals surface area contributed by atoms with Crippen molar-refractivity contribution in [3.05, 3.63) is 57.7 Å². The molecule has 0 bridgehead atoms. The molecule has 0 saturated carbocycles. The predicted molar refractivity (Wildman–Crippen MR) is 99.3 cm³/mol. The predicted octanol–water partition coefficient (Wildman–Crippen LogP) is 3.08. The molecule has 1 aromatic carbocycles. The van der Waals surface area contributed by atoms with Crippen LogP contribution in [0.25, 0.3) is 0 Å². The molecule has 1 aliphatic heterocycles. The van der Waals surface area contributed by atoms with Crippen LogP contribution < -0.4 is 10.2 Å². The normalized spacial score (nSPS) is 14.4. The van der Waals surface area contributed by atoms with Gasteiger partial charge in [-0.05, 0) is 23.8 Å². The van der Waals surface area contributed by atoms with E-state index in [2.05, 4.69) is 15.2 Å². The lowest BCUT2D eigenvalue weighted by atomic mass is 10.1. The number of carbonyl (C=O) groups is 1. The Labute approximate surface area is 156 Å². The second kappa shape index (κ2) is 8.52. The van der Waals surface area contributed by atoms with Crippen LogP contribution in [0.4, 0.5) is 5.82 Å². The highest BCUT2D eigenvalue weighted by Crippen LogP contribution is 2.24. The zero-order valence-electron chi connectivity index (χ0n) is 13.7. The fourth-order valence-electron chi connectivity index (χ4n) is 2.75. The van der Waals surface area contributed by atoms with Crippen LogP contribution in [-0.4, -0.2) is 37.2 Å². The van der Waals surface area contributed by atoms with Crippen molar-refractivity contribution in [3.63, 3.8) is 0 Å². The van der Waals surface area contributed by atoms with Gasteiger partial charge in [0.1, 0.15) is 5.82 Å². The molecule has 0 radical (unpaired) electrons. The minimum atomic E-state index is -0.133. The zero-order valence-corrected chi connectivity index (χ0v) is 15.2. The van der Waals surface area contributed by atoms with Crippen LogP contribution in [0.3, 0.4) is 0 Å². The third-order valence-electron chi connectivity index (χ3n) is 4.05. The Kier molecular flexibility index (Phi) is 6.13. The molecule has 0 atom stereocenters. The molecule has 132 valence electrons. The summed E-state index contributed by atoms with van der Waals surface area (Å²) < 4.78 is 5.38. The maximum absolute atomic E-state index is 12.3. The molecule has 1 N–H and O–H groups in total. The molecule has 7 heteroatoms. The van der Waals surface area contributed by atoms with Crippen molar-refractivity contribution >= 4 is 34.9 Å². The van der Waals surface area contributed by atoms with E-state index in [0.29, 0.717) is 35.4 Å². The standard InChI is InChI=1S/C18H19Cl2N3O2/c19-15-4-1-5-16(20)14(15)11-17(24)22-12-13-3-2-6-21-18(13)23-7-9-25-10-8-23/h1-6H,7-12H2,(H,22,24). The van der Waals surface area contributed by atoms with Crippen molar-refractivity contribution in [1.29, 1.82) is 0 Å². The quantitative estimate of drug-likeness (QED) is 0.866. The highest BCUT2D eigenvalue weighted by molar-refractivity contribution is 6.36. The number of hydrogen-bond acceptors (Lipinski definition) is 4. The van der Waals surface area contributed by atoms with Crippen LogP contribution in [0, 0.1) is 0 Å². The number of halogens is 2. The van der Waals surface area contributed by atoms with Crippen molar-refractivity contribution in [2.75, 3.05) is 31.2 Å². The first-order valence-electron chi connectivity index (χ1n) is 8.11. The average molecular weight is 380 g/mol. The van der Waals surface area contributed by atoms with Gasteiger partial charge in [0.2, 0.25) is 5.91 Å². The average Bonchev–Trinajstić information content (AvgIpc) is 2.64. The van der Waals surface area contributed by atoms with Gasteiger partial charge in [-0.1, -0.05) is 35.3 Å². The van der Waals surface area contributed by atoms with E-state index in [9.17, 15) is 4.79 Å².